The molecule has 27 heavy (non-hydrogen) atoms. The van der Waals surface area contributed by atoms with Crippen molar-refractivity contribution in [3.05, 3.63) is 29.3 Å². The van der Waals surface area contributed by atoms with E-state index in [2.05, 4.69) is 29.4 Å². The number of aromatic nitrogens is 2. The van der Waals surface area contributed by atoms with Gasteiger partial charge in [-0.25, -0.2) is 0 Å². The Morgan fingerprint density at radius 2 is 2.07 bits per heavy atom. The quantitative estimate of drug-likeness (QED) is 0.552. The molecule has 1 heterocycles. The SMILES string of the molecule is CC(=O)N(c1nnc(SCC(=O)Nc2c(C)cccc2C(C)C)s1)C1CC1. The van der Waals surface area contributed by atoms with Crippen LogP contribution < -0.4 is 10.2 Å². The highest BCUT2D eigenvalue weighted by Gasteiger charge is 2.34. The summed E-state index contributed by atoms with van der Waals surface area (Å²) in [5, 5.41) is 11.9. The largest absolute Gasteiger partial charge is 0.325 e. The van der Waals surface area contributed by atoms with Crippen molar-refractivity contribution in [1.29, 1.82) is 0 Å². The number of para-hydroxylation sites is 1. The lowest BCUT2D eigenvalue weighted by Gasteiger charge is -2.16. The van der Waals surface area contributed by atoms with Gasteiger partial charge in [0.15, 0.2) is 4.34 Å². The van der Waals surface area contributed by atoms with E-state index in [0.29, 0.717) is 15.4 Å². The van der Waals surface area contributed by atoms with Crippen LogP contribution in [0.2, 0.25) is 0 Å². The zero-order valence-electron chi connectivity index (χ0n) is 16.0. The third kappa shape index (κ3) is 4.87. The first-order valence-electron chi connectivity index (χ1n) is 9.02. The summed E-state index contributed by atoms with van der Waals surface area (Å²) in [5.74, 6) is 0.505. The summed E-state index contributed by atoms with van der Waals surface area (Å²) in [5.41, 5.74) is 3.08. The lowest BCUT2D eigenvalue weighted by molar-refractivity contribution is -0.116. The van der Waals surface area contributed by atoms with Gasteiger partial charge in [0.2, 0.25) is 16.9 Å². The van der Waals surface area contributed by atoms with Crippen molar-refractivity contribution in [2.24, 2.45) is 0 Å². The molecule has 144 valence electrons. The molecule has 0 spiro atoms. The minimum absolute atomic E-state index is 0.0105. The number of nitrogens with one attached hydrogen (secondary N) is 1. The molecule has 3 rings (SSSR count). The zero-order valence-corrected chi connectivity index (χ0v) is 17.6. The Morgan fingerprint density at radius 1 is 1.33 bits per heavy atom. The molecule has 1 aromatic carbocycles. The summed E-state index contributed by atoms with van der Waals surface area (Å²) in [6.45, 7) is 7.78. The number of carbonyl (C=O) groups is 2. The van der Waals surface area contributed by atoms with Crippen LogP contribution in [0.5, 0.6) is 0 Å². The van der Waals surface area contributed by atoms with Gasteiger partial charge >= 0.3 is 0 Å². The molecule has 0 aliphatic heterocycles. The minimum Gasteiger partial charge on any atom is -0.325 e. The molecule has 0 bridgehead atoms. The normalized spacial score (nSPS) is 13.7. The lowest BCUT2D eigenvalue weighted by atomic mass is 9.98. The molecule has 2 aromatic rings. The van der Waals surface area contributed by atoms with E-state index < -0.39 is 0 Å². The number of anilines is 2. The van der Waals surface area contributed by atoms with Crippen LogP contribution in [0.15, 0.2) is 22.5 Å². The first-order chi connectivity index (χ1) is 12.9. The first kappa shape index (κ1) is 19.8. The Morgan fingerprint density at radius 3 is 2.70 bits per heavy atom. The maximum Gasteiger partial charge on any atom is 0.234 e. The predicted octanol–water partition coefficient (Wildman–Crippen LogP) is 4.22. The molecule has 0 radical (unpaired) electrons. The molecule has 6 nitrogen and oxygen atoms in total. The van der Waals surface area contributed by atoms with Crippen LogP contribution in [0, 0.1) is 6.92 Å². The Labute approximate surface area is 167 Å². The van der Waals surface area contributed by atoms with E-state index in [9.17, 15) is 9.59 Å². The molecule has 1 aliphatic carbocycles. The van der Waals surface area contributed by atoms with Gasteiger partial charge < -0.3 is 5.32 Å². The standard InChI is InChI=1S/C19H24N4O2S2/c1-11(2)15-7-5-6-12(3)17(15)20-16(25)10-26-19-22-21-18(27-19)23(13(4)24)14-8-9-14/h5-7,11,14H,8-10H2,1-4H3,(H,20,25). The van der Waals surface area contributed by atoms with Crippen molar-refractivity contribution < 1.29 is 9.59 Å². The molecule has 1 aromatic heterocycles. The molecule has 0 unspecified atom stereocenters. The zero-order chi connectivity index (χ0) is 19.6. The Bertz CT molecular complexity index is 846. The molecule has 1 aliphatic rings. The fourth-order valence-corrected chi connectivity index (χ4v) is 4.64. The highest BCUT2D eigenvalue weighted by Crippen LogP contribution is 2.36. The Hall–Kier alpha value is -1.93. The highest BCUT2D eigenvalue weighted by atomic mass is 32.2. The molecule has 1 saturated carbocycles. The summed E-state index contributed by atoms with van der Waals surface area (Å²) in [6.07, 6.45) is 2.03. The third-order valence-electron chi connectivity index (χ3n) is 4.37. The number of aryl methyl sites for hydroxylation is 1. The lowest BCUT2D eigenvalue weighted by Crippen LogP contribution is -2.30. The van der Waals surface area contributed by atoms with Crippen LogP contribution in [0.4, 0.5) is 10.8 Å². The van der Waals surface area contributed by atoms with E-state index in [1.165, 1.54) is 23.1 Å². The number of hydrogen-bond donors (Lipinski definition) is 1. The molecule has 8 heteroatoms. The predicted molar refractivity (Wildman–Crippen MR) is 111 cm³/mol. The van der Waals surface area contributed by atoms with Crippen LogP contribution >= 0.6 is 23.1 Å². The van der Waals surface area contributed by atoms with E-state index in [1.807, 2.05) is 25.1 Å². The van der Waals surface area contributed by atoms with Gasteiger partial charge in [0.05, 0.1) is 5.75 Å². The summed E-state index contributed by atoms with van der Waals surface area (Å²) < 4.78 is 0.695. The summed E-state index contributed by atoms with van der Waals surface area (Å²) in [6, 6.07) is 6.32. The van der Waals surface area contributed by atoms with Gasteiger partial charge in [-0.05, 0) is 36.8 Å². The summed E-state index contributed by atoms with van der Waals surface area (Å²) in [4.78, 5) is 26.0. The number of amides is 2. The maximum atomic E-state index is 12.4. The molecular weight excluding hydrogens is 380 g/mol. The first-order valence-corrected chi connectivity index (χ1v) is 10.8. The Balaban J connectivity index is 1.61. The number of nitrogens with zero attached hydrogens (tertiary/aromatic N) is 3. The smallest absolute Gasteiger partial charge is 0.234 e. The monoisotopic (exact) mass is 404 g/mol. The number of hydrogen-bond acceptors (Lipinski definition) is 6. The van der Waals surface area contributed by atoms with E-state index >= 15 is 0 Å². The molecule has 2 amide bonds. The minimum atomic E-state index is -0.0708. The van der Waals surface area contributed by atoms with Crippen molar-refractivity contribution in [3.8, 4) is 0 Å². The van der Waals surface area contributed by atoms with Crippen LogP contribution in [0.3, 0.4) is 0 Å². The molecule has 1 fully saturated rings. The summed E-state index contributed by atoms with van der Waals surface area (Å²) in [7, 11) is 0. The third-order valence-corrected chi connectivity index (χ3v) is 6.43. The van der Waals surface area contributed by atoms with Gasteiger partial charge in [0.1, 0.15) is 0 Å². The highest BCUT2D eigenvalue weighted by molar-refractivity contribution is 8.01. The van der Waals surface area contributed by atoms with E-state index in [1.54, 1.807) is 11.8 Å². The van der Waals surface area contributed by atoms with Crippen molar-refractivity contribution in [3.63, 3.8) is 0 Å². The van der Waals surface area contributed by atoms with Gasteiger partial charge in [-0.1, -0.05) is 55.1 Å². The fraction of sp³-hybridized carbons (Fsp3) is 0.474. The molecule has 0 saturated heterocycles. The molecule has 0 atom stereocenters. The second-order valence-corrected chi connectivity index (χ2v) is 9.18. The van der Waals surface area contributed by atoms with E-state index in [4.69, 9.17) is 0 Å². The number of carbonyl (C=O) groups excluding carboxylic acids is 2. The van der Waals surface area contributed by atoms with Gasteiger partial charge in [-0.3, -0.25) is 14.5 Å². The second-order valence-electron chi connectivity index (χ2n) is 7.00. The van der Waals surface area contributed by atoms with E-state index in [0.717, 1.165) is 29.7 Å². The van der Waals surface area contributed by atoms with E-state index in [-0.39, 0.29) is 23.6 Å². The molecular formula is C19H24N4O2S2. The van der Waals surface area contributed by atoms with Crippen LogP contribution in [-0.4, -0.2) is 33.8 Å². The van der Waals surface area contributed by atoms with Crippen LogP contribution in [0.1, 0.15) is 50.7 Å². The van der Waals surface area contributed by atoms with Crippen LogP contribution in [-0.2, 0) is 9.59 Å². The fourth-order valence-electron chi connectivity index (χ4n) is 2.88. The van der Waals surface area contributed by atoms with Gasteiger partial charge in [-0.15, -0.1) is 10.2 Å². The van der Waals surface area contributed by atoms with Gasteiger partial charge in [-0.2, -0.15) is 0 Å². The van der Waals surface area contributed by atoms with Crippen LogP contribution in [0.25, 0.3) is 0 Å². The summed E-state index contributed by atoms with van der Waals surface area (Å²) >= 11 is 2.71. The molecule has 1 N–H and O–H groups in total. The second kappa shape index (κ2) is 8.39. The van der Waals surface area contributed by atoms with Gasteiger partial charge in [0.25, 0.3) is 0 Å². The van der Waals surface area contributed by atoms with Gasteiger partial charge in [0, 0.05) is 18.7 Å². The van der Waals surface area contributed by atoms with Crippen molar-refractivity contribution in [2.45, 2.75) is 56.8 Å². The Kier molecular flexibility index (Phi) is 6.16. The number of benzene rings is 1. The average molecular weight is 405 g/mol. The topological polar surface area (TPSA) is 75.2 Å². The van der Waals surface area contributed by atoms with Crippen molar-refractivity contribution >= 4 is 45.7 Å². The van der Waals surface area contributed by atoms with Crippen molar-refractivity contribution in [1.82, 2.24) is 10.2 Å². The average Bonchev–Trinajstić information content (AvgIpc) is 3.32. The maximum absolute atomic E-state index is 12.4. The number of thioether (sulfide) groups is 1. The number of rotatable bonds is 7. The van der Waals surface area contributed by atoms with Crippen molar-refractivity contribution in [2.75, 3.05) is 16.0 Å².